The van der Waals surface area contributed by atoms with Gasteiger partial charge in [-0.3, -0.25) is 9.59 Å². The molecule has 0 aliphatic carbocycles. The van der Waals surface area contributed by atoms with Crippen LogP contribution in [0.1, 0.15) is 30.1 Å². The lowest BCUT2D eigenvalue weighted by atomic mass is 10.1. The first-order valence-electron chi connectivity index (χ1n) is 8.83. The molecule has 0 bridgehead atoms. The number of esters is 1. The lowest BCUT2D eigenvalue weighted by molar-refractivity contribution is -0.143. The number of carbonyl (C=O) groups excluding carboxylic acids is 2. The fraction of sp³-hybridized carbons (Fsp3) is 0.400. The normalized spacial score (nSPS) is 10.5. The number of carbonyl (C=O) groups is 2. The van der Waals surface area contributed by atoms with Crippen molar-refractivity contribution < 1.29 is 19.1 Å². The van der Waals surface area contributed by atoms with Crippen molar-refractivity contribution in [3.8, 4) is 5.69 Å². The van der Waals surface area contributed by atoms with Gasteiger partial charge < -0.3 is 18.9 Å². The minimum Gasteiger partial charge on any atom is -0.466 e. The van der Waals surface area contributed by atoms with E-state index >= 15 is 0 Å². The second kappa shape index (κ2) is 10.4. The Balaban J connectivity index is 2.04. The van der Waals surface area contributed by atoms with Gasteiger partial charge in [-0.25, -0.2) is 0 Å². The summed E-state index contributed by atoms with van der Waals surface area (Å²) in [6.07, 6.45) is 4.81. The molecule has 0 radical (unpaired) electrons. The van der Waals surface area contributed by atoms with Crippen LogP contribution in [0.5, 0.6) is 0 Å². The molecule has 6 heteroatoms. The molecule has 0 aliphatic rings. The molecule has 2 rings (SSSR count). The second-order valence-corrected chi connectivity index (χ2v) is 5.83. The molecule has 1 aromatic carbocycles. The largest absolute Gasteiger partial charge is 0.466 e. The standard InChI is InChI=1S/C20H26N2O4/c1-3-26-19(23)11-15-22(14-6-16-25-2)20(24)17-7-9-18(10-8-17)21-12-4-5-13-21/h4-5,7-10,12-13H,3,6,11,14-16H2,1-2H3. The molecule has 0 fully saturated rings. The lowest BCUT2D eigenvalue weighted by Crippen LogP contribution is -2.34. The van der Waals surface area contributed by atoms with Crippen LogP contribution in [0.4, 0.5) is 0 Å². The predicted octanol–water partition coefficient (Wildman–Crippen LogP) is 2.91. The summed E-state index contributed by atoms with van der Waals surface area (Å²) in [4.78, 5) is 26.1. The van der Waals surface area contributed by atoms with Crippen molar-refractivity contribution in [1.82, 2.24) is 9.47 Å². The van der Waals surface area contributed by atoms with Crippen LogP contribution in [0.3, 0.4) is 0 Å². The summed E-state index contributed by atoms with van der Waals surface area (Å²) in [7, 11) is 1.63. The summed E-state index contributed by atoms with van der Waals surface area (Å²) in [6.45, 7) is 3.55. The van der Waals surface area contributed by atoms with Crippen molar-refractivity contribution in [2.45, 2.75) is 19.8 Å². The van der Waals surface area contributed by atoms with Crippen molar-refractivity contribution in [2.24, 2.45) is 0 Å². The molecule has 0 spiro atoms. The van der Waals surface area contributed by atoms with E-state index in [1.54, 1.807) is 18.9 Å². The molecule has 1 aromatic heterocycles. The van der Waals surface area contributed by atoms with Gasteiger partial charge in [-0.2, -0.15) is 0 Å². The second-order valence-electron chi connectivity index (χ2n) is 5.83. The van der Waals surface area contributed by atoms with Gasteiger partial charge in [-0.15, -0.1) is 0 Å². The first-order chi connectivity index (χ1) is 12.7. The highest BCUT2D eigenvalue weighted by molar-refractivity contribution is 5.94. The number of nitrogens with zero attached hydrogens (tertiary/aromatic N) is 2. The number of benzene rings is 1. The van der Waals surface area contributed by atoms with E-state index in [4.69, 9.17) is 9.47 Å². The Labute approximate surface area is 154 Å². The topological polar surface area (TPSA) is 60.8 Å². The molecule has 0 atom stereocenters. The van der Waals surface area contributed by atoms with Crippen LogP contribution in [-0.2, 0) is 14.3 Å². The molecule has 0 saturated carbocycles. The average molecular weight is 358 g/mol. The number of methoxy groups -OCH3 is 1. The minimum absolute atomic E-state index is 0.0931. The number of hydrogen-bond acceptors (Lipinski definition) is 4. The minimum atomic E-state index is -0.292. The van der Waals surface area contributed by atoms with Gasteiger partial charge in [0.15, 0.2) is 0 Å². The number of ether oxygens (including phenoxy) is 2. The molecule has 0 N–H and O–H groups in total. The van der Waals surface area contributed by atoms with E-state index in [-0.39, 0.29) is 18.3 Å². The molecule has 1 heterocycles. The summed E-state index contributed by atoms with van der Waals surface area (Å²) >= 11 is 0. The molecule has 0 saturated heterocycles. The summed E-state index contributed by atoms with van der Waals surface area (Å²) in [5.74, 6) is -0.385. The molecule has 2 aromatic rings. The summed E-state index contributed by atoms with van der Waals surface area (Å²) < 4.78 is 12.0. The highest BCUT2D eigenvalue weighted by Gasteiger charge is 2.17. The smallest absolute Gasteiger partial charge is 0.307 e. The predicted molar refractivity (Wildman–Crippen MR) is 99.4 cm³/mol. The zero-order chi connectivity index (χ0) is 18.8. The summed E-state index contributed by atoms with van der Waals surface area (Å²) in [5.41, 5.74) is 1.59. The molecular weight excluding hydrogens is 332 g/mol. The number of rotatable bonds is 10. The Kier molecular flexibility index (Phi) is 7.89. The van der Waals surface area contributed by atoms with E-state index in [1.165, 1.54) is 0 Å². The zero-order valence-electron chi connectivity index (χ0n) is 15.4. The third-order valence-corrected chi connectivity index (χ3v) is 3.97. The van der Waals surface area contributed by atoms with E-state index in [0.717, 1.165) is 5.69 Å². The van der Waals surface area contributed by atoms with Crippen molar-refractivity contribution in [1.29, 1.82) is 0 Å². The maximum atomic E-state index is 12.8. The Morgan fingerprint density at radius 3 is 2.38 bits per heavy atom. The maximum absolute atomic E-state index is 12.8. The average Bonchev–Trinajstić information content (AvgIpc) is 3.19. The fourth-order valence-electron chi connectivity index (χ4n) is 2.64. The Hall–Kier alpha value is -2.60. The van der Waals surface area contributed by atoms with Gasteiger partial charge >= 0.3 is 5.97 Å². The molecule has 0 unspecified atom stereocenters. The van der Waals surface area contributed by atoms with E-state index in [9.17, 15) is 9.59 Å². The van der Waals surface area contributed by atoms with Crippen molar-refractivity contribution in [2.75, 3.05) is 33.4 Å². The van der Waals surface area contributed by atoms with Gasteiger partial charge in [0, 0.05) is 50.5 Å². The molecule has 0 aliphatic heterocycles. The van der Waals surface area contributed by atoms with Crippen LogP contribution < -0.4 is 0 Å². The molecule has 140 valence electrons. The van der Waals surface area contributed by atoms with E-state index in [1.807, 2.05) is 53.4 Å². The third-order valence-electron chi connectivity index (χ3n) is 3.97. The zero-order valence-corrected chi connectivity index (χ0v) is 15.4. The van der Waals surface area contributed by atoms with Gasteiger partial charge in [-0.1, -0.05) is 0 Å². The van der Waals surface area contributed by atoms with E-state index in [0.29, 0.717) is 38.3 Å². The third kappa shape index (κ3) is 5.74. The molecule has 1 amide bonds. The Morgan fingerprint density at radius 2 is 1.77 bits per heavy atom. The van der Waals surface area contributed by atoms with Crippen molar-refractivity contribution >= 4 is 11.9 Å². The van der Waals surface area contributed by atoms with E-state index < -0.39 is 0 Å². The monoisotopic (exact) mass is 358 g/mol. The summed E-state index contributed by atoms with van der Waals surface area (Å²) in [6, 6.07) is 11.3. The van der Waals surface area contributed by atoms with Crippen LogP contribution in [0, 0.1) is 0 Å². The highest BCUT2D eigenvalue weighted by Crippen LogP contribution is 2.13. The van der Waals surface area contributed by atoms with E-state index in [2.05, 4.69) is 0 Å². The van der Waals surface area contributed by atoms with Crippen LogP contribution in [0.15, 0.2) is 48.8 Å². The fourth-order valence-corrected chi connectivity index (χ4v) is 2.64. The quantitative estimate of drug-likeness (QED) is 0.484. The van der Waals surface area contributed by atoms with Crippen LogP contribution in [0.25, 0.3) is 5.69 Å². The number of aromatic nitrogens is 1. The lowest BCUT2D eigenvalue weighted by Gasteiger charge is -2.22. The highest BCUT2D eigenvalue weighted by atomic mass is 16.5. The van der Waals surface area contributed by atoms with Crippen molar-refractivity contribution in [3.05, 3.63) is 54.4 Å². The first-order valence-corrected chi connectivity index (χ1v) is 8.83. The SMILES string of the molecule is CCOC(=O)CCN(CCCOC)C(=O)c1ccc(-n2cccc2)cc1. The number of hydrogen-bond donors (Lipinski definition) is 0. The van der Waals surface area contributed by atoms with Gasteiger partial charge in [0.05, 0.1) is 13.0 Å². The van der Waals surface area contributed by atoms with Gasteiger partial charge in [0.2, 0.25) is 0 Å². The van der Waals surface area contributed by atoms with Crippen molar-refractivity contribution in [3.63, 3.8) is 0 Å². The van der Waals surface area contributed by atoms with Gasteiger partial charge in [0.25, 0.3) is 5.91 Å². The maximum Gasteiger partial charge on any atom is 0.307 e. The van der Waals surface area contributed by atoms with Gasteiger partial charge in [-0.05, 0) is 49.7 Å². The van der Waals surface area contributed by atoms with Crippen LogP contribution >= 0.6 is 0 Å². The molecule has 6 nitrogen and oxygen atoms in total. The van der Waals surface area contributed by atoms with Crippen LogP contribution in [0.2, 0.25) is 0 Å². The van der Waals surface area contributed by atoms with Gasteiger partial charge in [0.1, 0.15) is 0 Å². The first kappa shape index (κ1) is 19.7. The van der Waals surface area contributed by atoms with Crippen LogP contribution in [-0.4, -0.2) is 54.8 Å². The molecule has 26 heavy (non-hydrogen) atoms. The Morgan fingerprint density at radius 1 is 1.08 bits per heavy atom. The summed E-state index contributed by atoms with van der Waals surface area (Å²) in [5, 5.41) is 0. The molecular formula is C20H26N2O4. The Bertz CT molecular complexity index is 680. The number of amides is 1.